The second-order valence-corrected chi connectivity index (χ2v) is 10.5. The Labute approximate surface area is 238 Å². The Hall–Kier alpha value is -4.55. The minimum absolute atomic E-state index is 0.120. The van der Waals surface area contributed by atoms with Gasteiger partial charge in [0.2, 0.25) is 17.5 Å². The number of aromatic nitrogens is 2. The van der Waals surface area contributed by atoms with Gasteiger partial charge in [0, 0.05) is 50.6 Å². The SMILES string of the molecule is C[C@H](N(Cc1ccc(F)cc1)C(=O)CN1C(=O)O[C@@]2(CCc3cc(-c4cnc(N(C)C)nc4)ccc32)C1=O)C(F)(F)F. The van der Waals surface area contributed by atoms with Crippen LogP contribution in [0.5, 0.6) is 0 Å². The van der Waals surface area contributed by atoms with E-state index in [-0.39, 0.29) is 12.0 Å². The number of hydrogen-bond acceptors (Lipinski definition) is 7. The van der Waals surface area contributed by atoms with Gasteiger partial charge >= 0.3 is 12.3 Å². The molecule has 9 nitrogen and oxygen atoms in total. The number of ether oxygens (including phenoxy) is 1. The van der Waals surface area contributed by atoms with Gasteiger partial charge in [0.25, 0.3) is 5.91 Å². The first-order chi connectivity index (χ1) is 19.8. The smallest absolute Gasteiger partial charge is 0.418 e. The van der Waals surface area contributed by atoms with Crippen LogP contribution in [0, 0.1) is 5.82 Å². The van der Waals surface area contributed by atoms with Crippen LogP contribution in [-0.2, 0) is 32.9 Å². The molecule has 1 aromatic heterocycles. The lowest BCUT2D eigenvalue weighted by molar-refractivity contribution is -0.187. The first-order valence-electron chi connectivity index (χ1n) is 13.1. The molecule has 2 aromatic carbocycles. The molecule has 1 saturated heterocycles. The summed E-state index contributed by atoms with van der Waals surface area (Å²) in [6, 6.07) is 7.67. The number of imide groups is 1. The average Bonchev–Trinajstić information content (AvgIpc) is 3.43. The van der Waals surface area contributed by atoms with Gasteiger partial charge in [-0.25, -0.2) is 24.1 Å². The molecule has 2 aliphatic rings. The standard InChI is InChI=1S/C29H27F4N5O4/c1-17(29(31,32)33)37(15-18-4-7-22(30)8-5-18)24(39)16-38-25(40)28(42-27(38)41)11-10-20-12-19(6-9-23(20)28)21-13-34-26(35-14-21)36(2)3/h4-9,12-14,17H,10-11,15-16H2,1-3H3/t17-,28+/m0/s1. The number of benzene rings is 2. The molecule has 0 radical (unpaired) electrons. The second kappa shape index (κ2) is 10.7. The number of nitrogens with zero attached hydrogens (tertiary/aromatic N) is 5. The van der Waals surface area contributed by atoms with E-state index >= 15 is 0 Å². The molecule has 42 heavy (non-hydrogen) atoms. The van der Waals surface area contributed by atoms with Crippen LogP contribution in [0.3, 0.4) is 0 Å². The highest BCUT2D eigenvalue weighted by molar-refractivity contribution is 6.06. The van der Waals surface area contributed by atoms with Crippen molar-refractivity contribution < 1.29 is 36.7 Å². The number of fused-ring (bicyclic) bond motifs is 2. The van der Waals surface area contributed by atoms with Gasteiger partial charge in [-0.15, -0.1) is 0 Å². The molecule has 0 bridgehead atoms. The highest BCUT2D eigenvalue weighted by atomic mass is 19.4. The van der Waals surface area contributed by atoms with E-state index in [0.29, 0.717) is 27.7 Å². The van der Waals surface area contributed by atoms with Crippen LogP contribution in [0.4, 0.5) is 28.3 Å². The lowest BCUT2D eigenvalue weighted by Crippen LogP contribution is -2.51. The summed E-state index contributed by atoms with van der Waals surface area (Å²) in [6.45, 7) is -0.645. The summed E-state index contributed by atoms with van der Waals surface area (Å²) in [4.78, 5) is 51.1. The van der Waals surface area contributed by atoms with Crippen molar-refractivity contribution in [3.8, 4) is 11.1 Å². The van der Waals surface area contributed by atoms with Crippen LogP contribution in [0.1, 0.15) is 30.0 Å². The number of aryl methyl sites for hydroxylation is 1. The van der Waals surface area contributed by atoms with E-state index in [2.05, 4.69) is 9.97 Å². The summed E-state index contributed by atoms with van der Waals surface area (Å²) in [5.41, 5.74) is 1.31. The molecule has 0 unspecified atom stereocenters. The van der Waals surface area contributed by atoms with Crippen molar-refractivity contribution in [3.05, 3.63) is 77.4 Å². The molecule has 0 saturated carbocycles. The molecule has 2 heterocycles. The van der Waals surface area contributed by atoms with Crippen molar-refractivity contribution in [3.63, 3.8) is 0 Å². The van der Waals surface area contributed by atoms with Gasteiger partial charge < -0.3 is 14.5 Å². The van der Waals surface area contributed by atoms with Crippen LogP contribution in [0.2, 0.25) is 0 Å². The Morgan fingerprint density at radius 1 is 1.07 bits per heavy atom. The van der Waals surface area contributed by atoms with Gasteiger partial charge in [-0.05, 0) is 42.2 Å². The maximum Gasteiger partial charge on any atom is 0.418 e. The summed E-state index contributed by atoms with van der Waals surface area (Å²) < 4.78 is 59.9. The van der Waals surface area contributed by atoms with E-state index in [1.165, 1.54) is 12.1 Å². The zero-order chi connectivity index (χ0) is 30.4. The molecular weight excluding hydrogens is 558 g/mol. The zero-order valence-electron chi connectivity index (χ0n) is 23.0. The molecule has 0 N–H and O–H groups in total. The molecule has 1 aliphatic heterocycles. The van der Waals surface area contributed by atoms with Crippen molar-refractivity contribution in [2.24, 2.45) is 0 Å². The number of amides is 3. The van der Waals surface area contributed by atoms with Gasteiger partial charge in [-0.1, -0.05) is 30.3 Å². The normalized spacial score (nSPS) is 18.7. The number of halogens is 4. The summed E-state index contributed by atoms with van der Waals surface area (Å²) >= 11 is 0. The highest BCUT2D eigenvalue weighted by Crippen LogP contribution is 2.46. The highest BCUT2D eigenvalue weighted by Gasteiger charge is 2.58. The lowest BCUT2D eigenvalue weighted by atomic mass is 9.93. The second-order valence-electron chi connectivity index (χ2n) is 10.5. The van der Waals surface area contributed by atoms with E-state index in [4.69, 9.17) is 4.74 Å². The predicted molar refractivity (Wildman–Crippen MR) is 142 cm³/mol. The Balaban J connectivity index is 1.37. The van der Waals surface area contributed by atoms with Crippen LogP contribution >= 0.6 is 0 Å². The minimum Gasteiger partial charge on any atom is -0.427 e. The maximum absolute atomic E-state index is 13.7. The lowest BCUT2D eigenvalue weighted by Gasteiger charge is -2.31. The first kappa shape index (κ1) is 29.0. The topological polar surface area (TPSA) is 95.9 Å². The van der Waals surface area contributed by atoms with E-state index in [9.17, 15) is 31.9 Å². The van der Waals surface area contributed by atoms with Crippen molar-refractivity contribution >= 4 is 23.9 Å². The first-order valence-corrected chi connectivity index (χ1v) is 13.1. The number of carbonyl (C=O) groups excluding carboxylic acids is 3. The molecule has 2 atom stereocenters. The Kier molecular flexibility index (Phi) is 7.37. The van der Waals surface area contributed by atoms with E-state index in [1.807, 2.05) is 20.2 Å². The van der Waals surface area contributed by atoms with E-state index < -0.39 is 54.6 Å². The Morgan fingerprint density at radius 3 is 2.36 bits per heavy atom. The van der Waals surface area contributed by atoms with Crippen LogP contribution in [0.25, 0.3) is 11.1 Å². The number of carbonyl (C=O) groups is 3. The quantitative estimate of drug-likeness (QED) is 0.378. The van der Waals surface area contributed by atoms with Crippen molar-refractivity contribution in [1.29, 1.82) is 0 Å². The molecule has 3 amide bonds. The fourth-order valence-corrected chi connectivity index (χ4v) is 5.16. The summed E-state index contributed by atoms with van der Waals surface area (Å²) in [5, 5.41) is 0. The van der Waals surface area contributed by atoms with Gasteiger partial charge in [0.15, 0.2) is 0 Å². The molecule has 1 aliphatic carbocycles. The Morgan fingerprint density at radius 2 is 1.74 bits per heavy atom. The third kappa shape index (κ3) is 5.26. The summed E-state index contributed by atoms with van der Waals surface area (Å²) in [6.07, 6.45) is -2.05. The van der Waals surface area contributed by atoms with Crippen molar-refractivity contribution in [1.82, 2.24) is 19.8 Å². The van der Waals surface area contributed by atoms with E-state index in [0.717, 1.165) is 35.7 Å². The molecule has 3 aromatic rings. The molecular formula is C29H27F4N5O4. The van der Waals surface area contributed by atoms with Crippen LogP contribution < -0.4 is 4.90 Å². The maximum atomic E-state index is 13.7. The monoisotopic (exact) mass is 585 g/mol. The zero-order valence-corrected chi connectivity index (χ0v) is 23.0. The number of anilines is 1. The summed E-state index contributed by atoms with van der Waals surface area (Å²) in [7, 11) is 3.64. The van der Waals surface area contributed by atoms with Gasteiger partial charge in [-0.2, -0.15) is 13.2 Å². The molecule has 5 rings (SSSR count). The van der Waals surface area contributed by atoms with Crippen LogP contribution in [-0.4, -0.2) is 70.5 Å². The predicted octanol–water partition coefficient (Wildman–Crippen LogP) is 4.45. The average molecular weight is 586 g/mol. The summed E-state index contributed by atoms with van der Waals surface area (Å²) in [5.74, 6) is -1.97. The fourth-order valence-electron chi connectivity index (χ4n) is 5.16. The van der Waals surface area contributed by atoms with Gasteiger partial charge in [-0.3, -0.25) is 9.59 Å². The van der Waals surface area contributed by atoms with Gasteiger partial charge in [0.1, 0.15) is 18.4 Å². The number of rotatable bonds is 7. The Bertz CT molecular complexity index is 1530. The minimum atomic E-state index is -4.79. The van der Waals surface area contributed by atoms with Crippen LogP contribution in [0.15, 0.2) is 54.9 Å². The van der Waals surface area contributed by atoms with Gasteiger partial charge in [0.05, 0.1) is 0 Å². The molecule has 13 heteroatoms. The number of hydrogen-bond donors (Lipinski definition) is 0. The fraction of sp³-hybridized carbons (Fsp3) is 0.345. The van der Waals surface area contributed by atoms with Crippen molar-refractivity contribution in [2.45, 2.75) is 44.1 Å². The number of alkyl halides is 3. The molecule has 1 fully saturated rings. The van der Waals surface area contributed by atoms with Crippen molar-refractivity contribution in [2.75, 3.05) is 25.5 Å². The molecule has 1 spiro atoms. The van der Waals surface area contributed by atoms with E-state index in [1.54, 1.807) is 29.4 Å². The third-order valence-corrected chi connectivity index (χ3v) is 7.55. The largest absolute Gasteiger partial charge is 0.427 e. The third-order valence-electron chi connectivity index (χ3n) is 7.55. The molecule has 220 valence electrons.